The summed E-state index contributed by atoms with van der Waals surface area (Å²) < 4.78 is 2.17. The van der Waals surface area contributed by atoms with Gasteiger partial charge in [0.1, 0.15) is 5.69 Å². The van der Waals surface area contributed by atoms with Gasteiger partial charge in [-0.05, 0) is 13.0 Å². The molecule has 118 valence electrons. The largest absolute Gasteiger partial charge is 0.342 e. The lowest BCUT2D eigenvalue weighted by Crippen LogP contribution is -1.90. The Morgan fingerprint density at radius 1 is 0.958 bits per heavy atom. The minimum Gasteiger partial charge on any atom is -0.342 e. The number of azo groups is 1. The van der Waals surface area contributed by atoms with Crippen LogP contribution in [0.4, 0.5) is 10.8 Å². The zero-order valence-electron chi connectivity index (χ0n) is 13.5. The molecule has 4 aromatic rings. The van der Waals surface area contributed by atoms with Crippen LogP contribution in [0.25, 0.3) is 22.2 Å². The molecular weight excluding hydrogens is 316 g/mol. The van der Waals surface area contributed by atoms with Crippen LogP contribution in [0.3, 0.4) is 0 Å². The van der Waals surface area contributed by atoms with E-state index in [0.717, 1.165) is 32.7 Å². The smallest absolute Gasteiger partial charge is 0.230 e. The number of hydrogen-bond donors (Lipinski definition) is 0. The zero-order chi connectivity index (χ0) is 16.5. The van der Waals surface area contributed by atoms with Crippen LogP contribution in [0, 0.1) is 6.92 Å². The van der Waals surface area contributed by atoms with Gasteiger partial charge >= 0.3 is 0 Å². The molecule has 0 saturated heterocycles. The monoisotopic (exact) mass is 332 g/mol. The predicted molar refractivity (Wildman–Crippen MR) is 99.4 cm³/mol. The Morgan fingerprint density at radius 3 is 2.46 bits per heavy atom. The lowest BCUT2D eigenvalue weighted by molar-refractivity contribution is 0.976. The summed E-state index contributed by atoms with van der Waals surface area (Å²) in [5.41, 5.74) is 4.21. The molecule has 0 fully saturated rings. The molecule has 5 heteroatoms. The van der Waals surface area contributed by atoms with Gasteiger partial charge in [-0.3, -0.25) is 0 Å². The van der Waals surface area contributed by atoms with Gasteiger partial charge in [-0.25, -0.2) is 4.98 Å². The number of rotatable bonds is 3. The molecule has 0 aliphatic heterocycles. The van der Waals surface area contributed by atoms with E-state index in [-0.39, 0.29) is 0 Å². The Kier molecular flexibility index (Phi) is 3.70. The quantitative estimate of drug-likeness (QED) is 0.423. The first-order valence-corrected chi connectivity index (χ1v) is 8.52. The summed E-state index contributed by atoms with van der Waals surface area (Å²) in [4.78, 5) is 5.40. The maximum Gasteiger partial charge on any atom is 0.230 e. The first kappa shape index (κ1) is 14.8. The molecule has 0 amide bonds. The molecule has 0 spiro atoms. The van der Waals surface area contributed by atoms with Crippen LogP contribution in [0.15, 0.2) is 71.0 Å². The van der Waals surface area contributed by atoms with Crippen LogP contribution >= 0.6 is 11.3 Å². The fourth-order valence-corrected chi connectivity index (χ4v) is 3.46. The van der Waals surface area contributed by atoms with Crippen LogP contribution in [0.5, 0.6) is 0 Å². The maximum absolute atomic E-state index is 4.57. The number of fused-ring (bicyclic) bond motifs is 1. The number of hydrogen-bond acceptors (Lipinski definition) is 4. The molecule has 0 bridgehead atoms. The standard InChI is InChI=1S/C19H16N4S/c1-13-12-20-19(24-13)22-21-17-15-10-6-7-11-16(15)23(2)18(17)14-8-4-3-5-9-14/h3-12H,1-2H3. The Balaban J connectivity index is 1.94. The van der Waals surface area contributed by atoms with E-state index in [1.54, 1.807) is 11.3 Å². The Morgan fingerprint density at radius 2 is 1.71 bits per heavy atom. The van der Waals surface area contributed by atoms with E-state index in [2.05, 4.69) is 51.1 Å². The highest BCUT2D eigenvalue weighted by molar-refractivity contribution is 7.15. The first-order valence-electron chi connectivity index (χ1n) is 7.71. The number of para-hydroxylation sites is 1. The molecule has 0 unspecified atom stereocenters. The molecule has 2 aromatic heterocycles. The lowest BCUT2D eigenvalue weighted by Gasteiger charge is -2.05. The topological polar surface area (TPSA) is 42.5 Å². The van der Waals surface area contributed by atoms with Crippen molar-refractivity contribution in [3.63, 3.8) is 0 Å². The number of aromatic nitrogens is 2. The molecule has 0 saturated carbocycles. The number of nitrogens with zero attached hydrogens (tertiary/aromatic N) is 4. The number of thiazole rings is 1. The average Bonchev–Trinajstić information content (AvgIpc) is 3.15. The van der Waals surface area contributed by atoms with Crippen molar-refractivity contribution < 1.29 is 0 Å². The van der Waals surface area contributed by atoms with E-state index in [0.29, 0.717) is 5.13 Å². The van der Waals surface area contributed by atoms with Gasteiger partial charge in [-0.2, -0.15) is 0 Å². The van der Waals surface area contributed by atoms with Crippen molar-refractivity contribution in [1.82, 2.24) is 9.55 Å². The van der Waals surface area contributed by atoms with Gasteiger partial charge in [0, 0.05) is 29.1 Å². The molecule has 0 aliphatic carbocycles. The predicted octanol–water partition coefficient (Wildman–Crippen LogP) is 6.03. The second-order valence-electron chi connectivity index (χ2n) is 5.59. The highest BCUT2D eigenvalue weighted by Gasteiger charge is 2.16. The molecule has 2 heterocycles. The van der Waals surface area contributed by atoms with Crippen LogP contribution < -0.4 is 0 Å². The van der Waals surface area contributed by atoms with Gasteiger partial charge in [0.25, 0.3) is 0 Å². The summed E-state index contributed by atoms with van der Waals surface area (Å²) in [6, 6.07) is 18.6. The molecule has 0 aliphatic rings. The first-order chi connectivity index (χ1) is 11.7. The summed E-state index contributed by atoms with van der Waals surface area (Å²) in [5.74, 6) is 0. The maximum atomic E-state index is 4.57. The third-order valence-electron chi connectivity index (χ3n) is 3.97. The molecule has 4 rings (SSSR count). The van der Waals surface area contributed by atoms with E-state index in [1.807, 2.05) is 43.5 Å². The lowest BCUT2D eigenvalue weighted by atomic mass is 10.1. The zero-order valence-corrected chi connectivity index (χ0v) is 14.3. The summed E-state index contributed by atoms with van der Waals surface area (Å²) in [6.45, 7) is 2.02. The van der Waals surface area contributed by atoms with Gasteiger partial charge < -0.3 is 4.57 Å². The average molecular weight is 332 g/mol. The fraction of sp³-hybridized carbons (Fsp3) is 0.105. The van der Waals surface area contributed by atoms with Gasteiger partial charge in [0.15, 0.2) is 0 Å². The minimum atomic E-state index is 0.680. The molecule has 24 heavy (non-hydrogen) atoms. The summed E-state index contributed by atoms with van der Waals surface area (Å²) >= 11 is 1.54. The number of benzene rings is 2. The second kappa shape index (κ2) is 6.02. The molecule has 4 nitrogen and oxygen atoms in total. The molecule has 0 radical (unpaired) electrons. The third kappa shape index (κ3) is 2.53. The second-order valence-corrected chi connectivity index (χ2v) is 6.81. The summed E-state index contributed by atoms with van der Waals surface area (Å²) in [6.07, 6.45) is 1.82. The summed E-state index contributed by atoms with van der Waals surface area (Å²) in [5, 5.41) is 10.7. The SMILES string of the molecule is Cc1cnc(N=Nc2c(-c3ccccc3)n(C)c3ccccc23)s1. The van der Waals surface area contributed by atoms with Crippen LogP contribution in [-0.2, 0) is 7.05 Å². The van der Waals surface area contributed by atoms with Gasteiger partial charge in [0.2, 0.25) is 5.13 Å². The Bertz CT molecular complexity index is 1030. The van der Waals surface area contributed by atoms with Crippen molar-refractivity contribution in [1.29, 1.82) is 0 Å². The van der Waals surface area contributed by atoms with Gasteiger partial charge in [-0.1, -0.05) is 59.9 Å². The normalized spacial score (nSPS) is 11.6. The van der Waals surface area contributed by atoms with Crippen molar-refractivity contribution in [2.24, 2.45) is 17.3 Å². The van der Waals surface area contributed by atoms with Crippen molar-refractivity contribution in [2.45, 2.75) is 6.92 Å². The molecule has 0 atom stereocenters. The van der Waals surface area contributed by atoms with Crippen molar-refractivity contribution >= 4 is 33.1 Å². The van der Waals surface area contributed by atoms with E-state index in [9.17, 15) is 0 Å². The number of aryl methyl sites for hydroxylation is 2. The highest BCUT2D eigenvalue weighted by atomic mass is 32.1. The van der Waals surface area contributed by atoms with E-state index < -0.39 is 0 Å². The Hall–Kier alpha value is -2.79. The molecule has 0 N–H and O–H groups in total. The highest BCUT2D eigenvalue weighted by Crippen LogP contribution is 2.40. The van der Waals surface area contributed by atoms with Crippen molar-refractivity contribution in [3.8, 4) is 11.3 Å². The van der Waals surface area contributed by atoms with E-state index >= 15 is 0 Å². The van der Waals surface area contributed by atoms with E-state index in [1.165, 1.54) is 0 Å². The van der Waals surface area contributed by atoms with Gasteiger partial charge in [-0.15, -0.1) is 10.2 Å². The van der Waals surface area contributed by atoms with Crippen LogP contribution in [-0.4, -0.2) is 9.55 Å². The molecular formula is C19H16N4S. The third-order valence-corrected chi connectivity index (χ3v) is 4.77. The Labute approximate surface area is 144 Å². The van der Waals surface area contributed by atoms with Crippen molar-refractivity contribution in [3.05, 3.63) is 65.7 Å². The van der Waals surface area contributed by atoms with Crippen LogP contribution in [0.2, 0.25) is 0 Å². The van der Waals surface area contributed by atoms with Crippen molar-refractivity contribution in [2.75, 3.05) is 0 Å². The minimum absolute atomic E-state index is 0.680. The molecule has 2 aromatic carbocycles. The summed E-state index contributed by atoms with van der Waals surface area (Å²) in [7, 11) is 2.07. The van der Waals surface area contributed by atoms with Gasteiger partial charge in [0.05, 0.1) is 11.2 Å². The van der Waals surface area contributed by atoms with Crippen LogP contribution in [0.1, 0.15) is 4.88 Å². The van der Waals surface area contributed by atoms with E-state index in [4.69, 9.17) is 0 Å². The fourth-order valence-electron chi connectivity index (χ4n) is 2.88.